The maximum absolute atomic E-state index is 5.54. The molecule has 0 aromatic rings. The first-order valence-electron chi connectivity index (χ1n) is 6.83. The zero-order valence-corrected chi connectivity index (χ0v) is 10.7. The highest BCUT2D eigenvalue weighted by atomic mass is 16.5. The van der Waals surface area contributed by atoms with Crippen LogP contribution in [-0.4, -0.2) is 49.8 Å². The SMILES string of the molecule is CC(C)OCCCNC1CCN2CCC1C2. The number of nitrogens with zero attached hydrogens (tertiary/aromatic N) is 1. The van der Waals surface area contributed by atoms with Crippen molar-refractivity contribution in [2.45, 2.75) is 45.3 Å². The number of hydrogen-bond donors (Lipinski definition) is 1. The molecule has 0 amide bonds. The molecular weight excluding hydrogens is 200 g/mol. The van der Waals surface area contributed by atoms with Crippen molar-refractivity contribution in [3.8, 4) is 0 Å². The van der Waals surface area contributed by atoms with Crippen molar-refractivity contribution in [3.63, 3.8) is 0 Å². The summed E-state index contributed by atoms with van der Waals surface area (Å²) in [7, 11) is 0. The fraction of sp³-hybridized carbons (Fsp3) is 1.00. The quantitative estimate of drug-likeness (QED) is 0.694. The second kappa shape index (κ2) is 5.99. The van der Waals surface area contributed by atoms with Crippen LogP contribution in [0.5, 0.6) is 0 Å². The lowest BCUT2D eigenvalue weighted by Gasteiger charge is -2.31. The van der Waals surface area contributed by atoms with Gasteiger partial charge in [-0.25, -0.2) is 0 Å². The van der Waals surface area contributed by atoms with Crippen molar-refractivity contribution < 1.29 is 4.74 Å². The van der Waals surface area contributed by atoms with E-state index in [-0.39, 0.29) is 0 Å². The minimum absolute atomic E-state index is 0.373. The summed E-state index contributed by atoms with van der Waals surface area (Å²) in [5.74, 6) is 0.916. The Bertz CT molecular complexity index is 208. The van der Waals surface area contributed by atoms with Gasteiger partial charge in [-0.05, 0) is 58.7 Å². The third-order valence-corrected chi connectivity index (χ3v) is 3.81. The predicted molar refractivity (Wildman–Crippen MR) is 66.7 cm³/mol. The van der Waals surface area contributed by atoms with Gasteiger partial charge in [-0.2, -0.15) is 0 Å². The molecule has 3 atom stereocenters. The van der Waals surface area contributed by atoms with Gasteiger partial charge in [-0.15, -0.1) is 0 Å². The normalized spacial score (nSPS) is 33.6. The Morgan fingerprint density at radius 3 is 2.94 bits per heavy atom. The molecule has 2 rings (SSSR count). The number of ether oxygens (including phenoxy) is 1. The molecule has 0 saturated carbocycles. The van der Waals surface area contributed by atoms with Gasteiger partial charge in [-0.3, -0.25) is 0 Å². The Kier molecular flexibility index (Phi) is 4.62. The smallest absolute Gasteiger partial charge is 0.0518 e. The maximum Gasteiger partial charge on any atom is 0.0518 e. The fourth-order valence-corrected chi connectivity index (χ4v) is 2.90. The maximum atomic E-state index is 5.54. The Hall–Kier alpha value is -0.120. The molecule has 2 bridgehead atoms. The van der Waals surface area contributed by atoms with E-state index in [9.17, 15) is 0 Å². The van der Waals surface area contributed by atoms with Gasteiger partial charge in [0.2, 0.25) is 0 Å². The second-order valence-electron chi connectivity index (χ2n) is 5.47. The third kappa shape index (κ3) is 3.44. The Labute approximate surface area is 99.5 Å². The molecule has 2 aliphatic rings. The Morgan fingerprint density at radius 2 is 2.12 bits per heavy atom. The minimum atomic E-state index is 0.373. The first kappa shape index (κ1) is 12.3. The lowest BCUT2D eigenvalue weighted by atomic mass is 9.94. The van der Waals surface area contributed by atoms with E-state index in [0.717, 1.165) is 31.5 Å². The van der Waals surface area contributed by atoms with Gasteiger partial charge in [0.25, 0.3) is 0 Å². The van der Waals surface area contributed by atoms with Crippen molar-refractivity contribution >= 4 is 0 Å². The first-order chi connectivity index (χ1) is 7.75. The van der Waals surface area contributed by atoms with Crippen LogP contribution in [0.25, 0.3) is 0 Å². The Morgan fingerprint density at radius 1 is 1.31 bits per heavy atom. The fourth-order valence-electron chi connectivity index (χ4n) is 2.90. The summed E-state index contributed by atoms with van der Waals surface area (Å²) in [4.78, 5) is 2.60. The molecule has 0 radical (unpaired) electrons. The summed E-state index contributed by atoms with van der Waals surface area (Å²) >= 11 is 0. The summed E-state index contributed by atoms with van der Waals surface area (Å²) in [6, 6.07) is 0.776. The van der Waals surface area contributed by atoms with E-state index in [1.807, 2.05) is 0 Å². The summed E-state index contributed by atoms with van der Waals surface area (Å²) in [6.45, 7) is 10.2. The van der Waals surface area contributed by atoms with Gasteiger partial charge < -0.3 is 15.0 Å². The monoisotopic (exact) mass is 226 g/mol. The standard InChI is InChI=1S/C13H26N2O/c1-11(2)16-9-3-6-14-13-5-8-15-7-4-12(13)10-15/h11-14H,3-10H2,1-2H3. The summed E-state index contributed by atoms with van der Waals surface area (Å²) < 4.78 is 5.54. The number of piperidine rings is 1. The van der Waals surface area contributed by atoms with Crippen LogP contribution in [0.1, 0.15) is 33.1 Å². The molecule has 2 fully saturated rings. The molecule has 2 heterocycles. The third-order valence-electron chi connectivity index (χ3n) is 3.81. The lowest BCUT2D eigenvalue weighted by molar-refractivity contribution is 0.0759. The molecular formula is C13H26N2O. The van der Waals surface area contributed by atoms with Crippen molar-refractivity contribution in [2.24, 2.45) is 5.92 Å². The van der Waals surface area contributed by atoms with Crippen LogP contribution in [0.15, 0.2) is 0 Å². The highest BCUT2D eigenvalue weighted by Crippen LogP contribution is 2.26. The van der Waals surface area contributed by atoms with Gasteiger partial charge in [0.1, 0.15) is 0 Å². The summed E-state index contributed by atoms with van der Waals surface area (Å²) in [5.41, 5.74) is 0. The Balaban J connectivity index is 1.56. The molecule has 0 spiro atoms. The topological polar surface area (TPSA) is 24.5 Å². The van der Waals surface area contributed by atoms with E-state index < -0.39 is 0 Å². The van der Waals surface area contributed by atoms with Crippen molar-refractivity contribution in [2.75, 3.05) is 32.8 Å². The van der Waals surface area contributed by atoms with E-state index in [2.05, 4.69) is 24.1 Å². The predicted octanol–water partition coefficient (Wildman–Crippen LogP) is 1.49. The van der Waals surface area contributed by atoms with Crippen LogP contribution in [0.3, 0.4) is 0 Å². The minimum Gasteiger partial charge on any atom is -0.379 e. The van der Waals surface area contributed by atoms with Crippen molar-refractivity contribution in [3.05, 3.63) is 0 Å². The van der Waals surface area contributed by atoms with Crippen molar-refractivity contribution in [1.29, 1.82) is 0 Å². The average Bonchev–Trinajstić information content (AvgIpc) is 2.63. The number of nitrogens with one attached hydrogen (secondary N) is 1. The molecule has 2 aliphatic heterocycles. The van der Waals surface area contributed by atoms with Gasteiger partial charge in [0, 0.05) is 19.2 Å². The molecule has 0 aliphatic carbocycles. The van der Waals surface area contributed by atoms with E-state index in [0.29, 0.717) is 6.10 Å². The zero-order chi connectivity index (χ0) is 11.4. The molecule has 3 unspecified atom stereocenters. The molecule has 0 aromatic heterocycles. The van der Waals surface area contributed by atoms with E-state index in [1.165, 1.54) is 32.5 Å². The molecule has 3 heteroatoms. The van der Waals surface area contributed by atoms with Crippen LogP contribution in [0.4, 0.5) is 0 Å². The van der Waals surface area contributed by atoms with Crippen LogP contribution in [0, 0.1) is 5.92 Å². The number of hydrogen-bond acceptors (Lipinski definition) is 3. The highest BCUT2D eigenvalue weighted by molar-refractivity contribution is 4.90. The van der Waals surface area contributed by atoms with E-state index >= 15 is 0 Å². The summed E-state index contributed by atoms with van der Waals surface area (Å²) in [6.07, 6.45) is 4.26. The molecule has 94 valence electrons. The highest BCUT2D eigenvalue weighted by Gasteiger charge is 2.33. The second-order valence-corrected chi connectivity index (χ2v) is 5.47. The van der Waals surface area contributed by atoms with Gasteiger partial charge >= 0.3 is 0 Å². The molecule has 2 saturated heterocycles. The van der Waals surface area contributed by atoms with Gasteiger partial charge in [0.15, 0.2) is 0 Å². The number of fused-ring (bicyclic) bond motifs is 2. The van der Waals surface area contributed by atoms with Gasteiger partial charge in [-0.1, -0.05) is 0 Å². The van der Waals surface area contributed by atoms with Crippen LogP contribution < -0.4 is 5.32 Å². The van der Waals surface area contributed by atoms with E-state index in [1.54, 1.807) is 0 Å². The molecule has 1 N–H and O–H groups in total. The summed E-state index contributed by atoms with van der Waals surface area (Å²) in [5, 5.41) is 3.72. The van der Waals surface area contributed by atoms with Crippen LogP contribution >= 0.6 is 0 Å². The largest absolute Gasteiger partial charge is 0.379 e. The molecule has 0 aromatic carbocycles. The van der Waals surface area contributed by atoms with Gasteiger partial charge in [0.05, 0.1) is 6.10 Å². The molecule has 3 nitrogen and oxygen atoms in total. The zero-order valence-electron chi connectivity index (χ0n) is 10.7. The molecule has 16 heavy (non-hydrogen) atoms. The first-order valence-corrected chi connectivity index (χ1v) is 6.83. The van der Waals surface area contributed by atoms with Crippen molar-refractivity contribution in [1.82, 2.24) is 10.2 Å². The van der Waals surface area contributed by atoms with Crippen LogP contribution in [0.2, 0.25) is 0 Å². The average molecular weight is 226 g/mol. The van der Waals surface area contributed by atoms with Crippen LogP contribution in [-0.2, 0) is 4.74 Å². The van der Waals surface area contributed by atoms with E-state index in [4.69, 9.17) is 4.74 Å². The number of rotatable bonds is 6. The lowest BCUT2D eigenvalue weighted by Crippen LogP contribution is -2.44.